The minimum absolute atomic E-state index is 0.320. The predicted octanol–water partition coefficient (Wildman–Crippen LogP) is 2.63. The van der Waals surface area contributed by atoms with Gasteiger partial charge in [0.15, 0.2) is 11.5 Å². The summed E-state index contributed by atoms with van der Waals surface area (Å²) in [5.41, 5.74) is 6.52. The SMILES string of the molecule is COc1cc(N)c(C(=O)OCC2CCCC2)cc1OC. The van der Waals surface area contributed by atoms with Crippen LogP contribution in [0, 0.1) is 5.92 Å². The Morgan fingerprint density at radius 2 is 1.80 bits per heavy atom. The van der Waals surface area contributed by atoms with Crippen LogP contribution in [-0.4, -0.2) is 26.8 Å². The van der Waals surface area contributed by atoms with Gasteiger partial charge in [0.1, 0.15) is 0 Å². The molecule has 5 nitrogen and oxygen atoms in total. The molecule has 0 radical (unpaired) electrons. The molecule has 0 bridgehead atoms. The second-order valence-corrected chi connectivity index (χ2v) is 5.04. The molecule has 1 aromatic carbocycles. The minimum Gasteiger partial charge on any atom is -0.493 e. The van der Waals surface area contributed by atoms with Gasteiger partial charge < -0.3 is 19.9 Å². The lowest BCUT2D eigenvalue weighted by Gasteiger charge is -2.13. The highest BCUT2D eigenvalue weighted by atomic mass is 16.5. The summed E-state index contributed by atoms with van der Waals surface area (Å²) in [6.07, 6.45) is 4.71. The van der Waals surface area contributed by atoms with Gasteiger partial charge in [0.25, 0.3) is 0 Å². The molecule has 0 saturated heterocycles. The van der Waals surface area contributed by atoms with E-state index in [4.69, 9.17) is 19.9 Å². The fourth-order valence-corrected chi connectivity index (χ4v) is 2.52. The Hall–Kier alpha value is -1.91. The van der Waals surface area contributed by atoms with E-state index in [9.17, 15) is 4.79 Å². The maximum Gasteiger partial charge on any atom is 0.340 e. The molecule has 0 aromatic heterocycles. The summed E-state index contributed by atoms with van der Waals surface area (Å²) in [6, 6.07) is 3.14. The summed E-state index contributed by atoms with van der Waals surface area (Å²) in [5.74, 6) is 1.04. The first-order chi connectivity index (χ1) is 9.65. The largest absolute Gasteiger partial charge is 0.493 e. The molecule has 0 unspecified atom stereocenters. The highest BCUT2D eigenvalue weighted by molar-refractivity contribution is 5.96. The first kappa shape index (κ1) is 14.5. The Balaban J connectivity index is 2.08. The Morgan fingerprint density at radius 3 is 2.40 bits per heavy atom. The van der Waals surface area contributed by atoms with Crippen LogP contribution in [0.1, 0.15) is 36.0 Å². The normalized spacial score (nSPS) is 15.1. The predicted molar refractivity (Wildman–Crippen MR) is 76.2 cm³/mol. The average Bonchev–Trinajstić information content (AvgIpc) is 2.97. The summed E-state index contributed by atoms with van der Waals surface area (Å²) in [6.45, 7) is 0.465. The molecular weight excluding hydrogens is 258 g/mol. The van der Waals surface area contributed by atoms with E-state index in [0.717, 1.165) is 12.8 Å². The van der Waals surface area contributed by atoms with E-state index in [-0.39, 0.29) is 0 Å². The zero-order chi connectivity index (χ0) is 14.5. The van der Waals surface area contributed by atoms with Gasteiger partial charge in [-0.1, -0.05) is 12.8 Å². The number of anilines is 1. The van der Waals surface area contributed by atoms with Gasteiger partial charge in [0, 0.05) is 12.1 Å². The van der Waals surface area contributed by atoms with Crippen LogP contribution in [0.5, 0.6) is 11.5 Å². The van der Waals surface area contributed by atoms with E-state index >= 15 is 0 Å². The Morgan fingerprint density at radius 1 is 1.20 bits per heavy atom. The molecule has 0 spiro atoms. The third kappa shape index (κ3) is 3.15. The van der Waals surface area contributed by atoms with Crippen LogP contribution in [0.15, 0.2) is 12.1 Å². The summed E-state index contributed by atoms with van der Waals surface area (Å²) in [5, 5.41) is 0. The highest BCUT2D eigenvalue weighted by Crippen LogP contribution is 2.32. The lowest BCUT2D eigenvalue weighted by Crippen LogP contribution is -2.14. The quantitative estimate of drug-likeness (QED) is 0.662. The van der Waals surface area contributed by atoms with Crippen molar-refractivity contribution < 1.29 is 19.0 Å². The van der Waals surface area contributed by atoms with Gasteiger partial charge >= 0.3 is 5.97 Å². The molecule has 0 heterocycles. The van der Waals surface area contributed by atoms with Crippen LogP contribution in [0.4, 0.5) is 5.69 Å². The molecule has 5 heteroatoms. The summed E-state index contributed by atoms with van der Waals surface area (Å²) in [7, 11) is 3.04. The number of nitrogen functional groups attached to an aromatic ring is 1. The van der Waals surface area contributed by atoms with Crippen molar-refractivity contribution in [2.24, 2.45) is 5.92 Å². The van der Waals surface area contributed by atoms with Crippen molar-refractivity contribution in [3.63, 3.8) is 0 Å². The first-order valence-corrected chi connectivity index (χ1v) is 6.84. The van der Waals surface area contributed by atoms with Gasteiger partial charge in [-0.05, 0) is 18.8 Å². The number of carbonyl (C=O) groups is 1. The maximum atomic E-state index is 12.1. The van der Waals surface area contributed by atoms with Crippen LogP contribution >= 0.6 is 0 Å². The van der Waals surface area contributed by atoms with Crippen LogP contribution in [0.3, 0.4) is 0 Å². The zero-order valence-corrected chi connectivity index (χ0v) is 12.0. The standard InChI is InChI=1S/C15H21NO4/c1-18-13-7-11(12(16)8-14(13)19-2)15(17)20-9-10-5-3-4-6-10/h7-8,10H,3-6,9,16H2,1-2H3. The molecule has 1 aliphatic rings. The number of hydrogen-bond donors (Lipinski definition) is 1. The summed E-state index contributed by atoms with van der Waals surface area (Å²) >= 11 is 0. The molecule has 20 heavy (non-hydrogen) atoms. The lowest BCUT2D eigenvalue weighted by atomic mass is 10.1. The Labute approximate surface area is 119 Å². The van der Waals surface area contributed by atoms with Gasteiger partial charge in [-0.3, -0.25) is 0 Å². The molecule has 2 N–H and O–H groups in total. The number of benzene rings is 1. The molecule has 0 amide bonds. The van der Waals surface area contributed by atoms with E-state index < -0.39 is 5.97 Å². The molecule has 2 rings (SSSR count). The molecule has 1 fully saturated rings. The zero-order valence-electron chi connectivity index (χ0n) is 12.0. The number of ether oxygens (including phenoxy) is 3. The summed E-state index contributed by atoms with van der Waals surface area (Å²) in [4.78, 5) is 12.1. The van der Waals surface area contributed by atoms with E-state index in [2.05, 4.69) is 0 Å². The molecule has 1 aromatic rings. The third-order valence-corrected chi connectivity index (χ3v) is 3.70. The Kier molecular flexibility index (Phi) is 4.71. The average molecular weight is 279 g/mol. The van der Waals surface area contributed by atoms with Crippen LogP contribution in [0.2, 0.25) is 0 Å². The van der Waals surface area contributed by atoms with Crippen molar-refractivity contribution in [3.05, 3.63) is 17.7 Å². The molecule has 0 atom stereocenters. The maximum absolute atomic E-state index is 12.1. The monoisotopic (exact) mass is 279 g/mol. The van der Waals surface area contributed by atoms with Crippen LogP contribution in [0.25, 0.3) is 0 Å². The van der Waals surface area contributed by atoms with Crippen molar-refractivity contribution in [1.82, 2.24) is 0 Å². The second kappa shape index (κ2) is 6.50. The number of esters is 1. The molecule has 1 saturated carbocycles. The smallest absolute Gasteiger partial charge is 0.340 e. The van der Waals surface area contributed by atoms with E-state index in [1.807, 2.05) is 0 Å². The number of carbonyl (C=O) groups excluding carboxylic acids is 1. The first-order valence-electron chi connectivity index (χ1n) is 6.84. The summed E-state index contributed by atoms with van der Waals surface area (Å²) < 4.78 is 15.7. The fraction of sp³-hybridized carbons (Fsp3) is 0.533. The van der Waals surface area contributed by atoms with Crippen LogP contribution < -0.4 is 15.2 Å². The van der Waals surface area contributed by atoms with Gasteiger partial charge in [0.05, 0.1) is 32.1 Å². The van der Waals surface area contributed by atoms with Crippen LogP contribution in [-0.2, 0) is 4.74 Å². The van der Waals surface area contributed by atoms with Crippen molar-refractivity contribution in [2.75, 3.05) is 26.6 Å². The van der Waals surface area contributed by atoms with Crippen molar-refractivity contribution in [3.8, 4) is 11.5 Å². The van der Waals surface area contributed by atoms with E-state index in [1.165, 1.54) is 27.1 Å². The molecule has 110 valence electrons. The second-order valence-electron chi connectivity index (χ2n) is 5.04. The lowest BCUT2D eigenvalue weighted by molar-refractivity contribution is 0.0443. The highest BCUT2D eigenvalue weighted by Gasteiger charge is 2.20. The van der Waals surface area contributed by atoms with E-state index in [1.54, 1.807) is 12.1 Å². The van der Waals surface area contributed by atoms with Gasteiger partial charge in [-0.15, -0.1) is 0 Å². The number of hydrogen-bond acceptors (Lipinski definition) is 5. The van der Waals surface area contributed by atoms with Crippen molar-refractivity contribution >= 4 is 11.7 Å². The van der Waals surface area contributed by atoms with E-state index in [0.29, 0.717) is 35.3 Å². The fourth-order valence-electron chi connectivity index (χ4n) is 2.52. The number of methoxy groups -OCH3 is 2. The molecule has 1 aliphatic carbocycles. The van der Waals surface area contributed by atoms with Crippen molar-refractivity contribution in [2.45, 2.75) is 25.7 Å². The van der Waals surface area contributed by atoms with Gasteiger partial charge in [0.2, 0.25) is 0 Å². The van der Waals surface area contributed by atoms with Gasteiger partial charge in [-0.2, -0.15) is 0 Å². The number of nitrogens with two attached hydrogens (primary N) is 1. The third-order valence-electron chi connectivity index (χ3n) is 3.70. The van der Waals surface area contributed by atoms with Gasteiger partial charge in [-0.25, -0.2) is 4.79 Å². The number of rotatable bonds is 5. The molecular formula is C15H21NO4. The Bertz CT molecular complexity index is 481. The topological polar surface area (TPSA) is 70.8 Å². The van der Waals surface area contributed by atoms with Crippen molar-refractivity contribution in [1.29, 1.82) is 0 Å². The molecule has 0 aliphatic heterocycles. The minimum atomic E-state index is -0.407.